The molecule has 5 atom stereocenters. The van der Waals surface area contributed by atoms with E-state index in [2.05, 4.69) is 20.7 Å². The summed E-state index contributed by atoms with van der Waals surface area (Å²) in [4.78, 5) is 16.3. The fraction of sp³-hybridized carbons (Fsp3) is 0.958. The van der Waals surface area contributed by atoms with E-state index in [1.54, 1.807) is 6.92 Å². The largest absolute Gasteiger partial charge is 0.409 e. The average Bonchev–Trinajstić information content (AvgIpc) is 3.17. The summed E-state index contributed by atoms with van der Waals surface area (Å²) >= 11 is 6.34. The van der Waals surface area contributed by atoms with Gasteiger partial charge in [0.25, 0.3) is 0 Å². The van der Waals surface area contributed by atoms with Crippen molar-refractivity contribution in [2.24, 2.45) is 11.8 Å². The molecule has 1 amide bonds. The van der Waals surface area contributed by atoms with Crippen molar-refractivity contribution in [3.8, 4) is 0 Å². The van der Waals surface area contributed by atoms with Gasteiger partial charge in [-0.3, -0.25) is 15.0 Å². The number of piperidine rings is 1. The molecule has 2 saturated carbocycles. The number of amides is 1. The van der Waals surface area contributed by atoms with E-state index < -0.39 is 35.6 Å². The molecule has 35 heavy (non-hydrogen) atoms. The van der Waals surface area contributed by atoms with Gasteiger partial charge in [-0.2, -0.15) is 13.2 Å². The first-order chi connectivity index (χ1) is 16.4. The van der Waals surface area contributed by atoms with Crippen LogP contribution >= 0.6 is 11.6 Å². The molecule has 4 unspecified atom stereocenters. The molecule has 5 fully saturated rings. The number of fused-ring (bicyclic) bond motifs is 3. The lowest BCUT2D eigenvalue weighted by molar-refractivity contribution is -0.206. The Hall–Kier alpha value is -0.650. The summed E-state index contributed by atoms with van der Waals surface area (Å²) < 4.78 is 42.6. The summed E-state index contributed by atoms with van der Waals surface area (Å²) in [7, 11) is 1.30. The number of halogens is 4. The Morgan fingerprint density at radius 1 is 1.17 bits per heavy atom. The van der Waals surface area contributed by atoms with E-state index >= 15 is 0 Å². The van der Waals surface area contributed by atoms with Crippen LogP contribution < -0.4 is 10.7 Å². The van der Waals surface area contributed by atoms with Crippen molar-refractivity contribution in [1.82, 2.24) is 25.6 Å². The highest BCUT2D eigenvalue weighted by Crippen LogP contribution is 2.43. The predicted molar refractivity (Wildman–Crippen MR) is 126 cm³/mol. The Balaban J connectivity index is 1.22. The number of hydrazine groups is 1. The first-order valence-corrected chi connectivity index (χ1v) is 13.6. The molecule has 0 aromatic rings. The highest BCUT2D eigenvalue weighted by Gasteiger charge is 2.53. The van der Waals surface area contributed by atoms with Crippen LogP contribution in [0.15, 0.2) is 0 Å². The molecule has 3 aliphatic heterocycles. The second-order valence-electron chi connectivity index (χ2n) is 11.8. The van der Waals surface area contributed by atoms with Gasteiger partial charge in [-0.05, 0) is 70.8 Å². The van der Waals surface area contributed by atoms with E-state index in [0.717, 1.165) is 50.1 Å². The Morgan fingerprint density at radius 3 is 2.49 bits per heavy atom. The van der Waals surface area contributed by atoms with Crippen LogP contribution in [0, 0.1) is 11.8 Å². The van der Waals surface area contributed by atoms with Crippen molar-refractivity contribution >= 4 is 17.5 Å². The van der Waals surface area contributed by atoms with E-state index in [0.29, 0.717) is 24.9 Å². The molecule has 5 rings (SSSR count). The van der Waals surface area contributed by atoms with Gasteiger partial charge in [0.2, 0.25) is 5.91 Å². The Labute approximate surface area is 210 Å². The molecule has 11 heteroatoms. The molecular weight excluding hydrogens is 483 g/mol. The molecule has 3 N–H and O–H groups in total. The van der Waals surface area contributed by atoms with Crippen LogP contribution in [0.1, 0.15) is 64.7 Å². The van der Waals surface area contributed by atoms with Crippen LogP contribution in [0.3, 0.4) is 0 Å². The summed E-state index contributed by atoms with van der Waals surface area (Å²) in [5.74, 6) is -1.60. The van der Waals surface area contributed by atoms with Crippen molar-refractivity contribution in [1.29, 1.82) is 0 Å². The third-order valence-electron chi connectivity index (χ3n) is 9.24. The van der Waals surface area contributed by atoms with Crippen LogP contribution in [0.5, 0.6) is 0 Å². The second kappa shape index (κ2) is 9.58. The number of rotatable bonds is 4. The lowest BCUT2D eigenvalue weighted by Crippen LogP contribution is -2.70. The molecule has 0 spiro atoms. The van der Waals surface area contributed by atoms with Crippen molar-refractivity contribution in [2.45, 2.75) is 112 Å². The number of hydrogen-bond acceptors (Lipinski definition) is 6. The highest BCUT2D eigenvalue weighted by molar-refractivity contribution is 6.20. The molecule has 0 bridgehead atoms. The zero-order chi connectivity index (χ0) is 25.1. The fourth-order valence-electron chi connectivity index (χ4n) is 7.63. The lowest BCUT2D eigenvalue weighted by atomic mass is 9.71. The van der Waals surface area contributed by atoms with Gasteiger partial charge in [-0.15, -0.1) is 11.6 Å². The summed E-state index contributed by atoms with van der Waals surface area (Å²) in [5.41, 5.74) is 2.39. The number of alkyl halides is 4. The normalized spacial score (nSPS) is 43.7. The van der Waals surface area contributed by atoms with Crippen molar-refractivity contribution < 1.29 is 23.1 Å². The molecule has 3 saturated heterocycles. The lowest BCUT2D eigenvalue weighted by Gasteiger charge is -2.53. The van der Waals surface area contributed by atoms with Gasteiger partial charge in [0.05, 0.1) is 17.3 Å². The first kappa shape index (κ1) is 26.0. The van der Waals surface area contributed by atoms with Crippen molar-refractivity contribution in [3.63, 3.8) is 0 Å². The molecule has 3 heterocycles. The molecule has 0 radical (unpaired) electrons. The van der Waals surface area contributed by atoms with E-state index in [1.807, 2.05) is 0 Å². The predicted octanol–water partition coefficient (Wildman–Crippen LogP) is 2.63. The maximum Gasteiger partial charge on any atom is 0.409 e. The summed E-state index contributed by atoms with van der Waals surface area (Å²) in [6, 6.07) is -0.807. The molecular formula is C24H39ClF3N5O2. The van der Waals surface area contributed by atoms with Crippen LogP contribution in [0.25, 0.3) is 0 Å². The van der Waals surface area contributed by atoms with Gasteiger partial charge in [0.1, 0.15) is 6.04 Å². The van der Waals surface area contributed by atoms with Crippen molar-refractivity contribution in [3.05, 3.63) is 0 Å². The van der Waals surface area contributed by atoms with Crippen LogP contribution in [0.4, 0.5) is 13.2 Å². The number of likely N-dealkylation sites (tertiary alicyclic amines) is 1. The highest BCUT2D eigenvalue weighted by atomic mass is 35.5. The number of aliphatic hydroxyl groups is 1. The van der Waals surface area contributed by atoms with Gasteiger partial charge < -0.3 is 10.0 Å². The van der Waals surface area contributed by atoms with Crippen LogP contribution in [-0.4, -0.2) is 93.6 Å². The Bertz CT molecular complexity index is 786. The summed E-state index contributed by atoms with van der Waals surface area (Å²) in [6.07, 6.45) is 1.64. The van der Waals surface area contributed by atoms with E-state index in [-0.39, 0.29) is 30.6 Å². The molecule has 5 aliphatic rings. The number of carbonyl (C=O) groups excluding carboxylic acids is 1. The van der Waals surface area contributed by atoms with Crippen molar-refractivity contribution in [2.75, 3.05) is 20.1 Å². The van der Waals surface area contributed by atoms with Gasteiger partial charge in [0.15, 0.2) is 0 Å². The maximum absolute atomic E-state index is 14.2. The molecule has 2 aliphatic carbocycles. The Kier molecular flexibility index (Phi) is 7.11. The first-order valence-electron chi connectivity index (χ1n) is 13.2. The molecule has 0 aromatic heterocycles. The fourth-order valence-corrected chi connectivity index (χ4v) is 7.91. The van der Waals surface area contributed by atoms with Gasteiger partial charge in [-0.25, -0.2) is 10.4 Å². The quantitative estimate of drug-likeness (QED) is 0.390. The topological polar surface area (TPSA) is 71.1 Å². The number of nitrogens with zero attached hydrogens (tertiary/aromatic N) is 3. The number of nitrogens with one attached hydrogen (secondary N) is 2. The second-order valence-corrected chi connectivity index (χ2v) is 12.3. The minimum Gasteiger partial charge on any atom is -0.390 e. The minimum atomic E-state index is -4.47. The zero-order valence-corrected chi connectivity index (χ0v) is 21.4. The summed E-state index contributed by atoms with van der Waals surface area (Å²) in [5, 5.41) is 15.8. The Morgan fingerprint density at radius 2 is 1.86 bits per heavy atom. The van der Waals surface area contributed by atoms with Gasteiger partial charge in [0, 0.05) is 44.1 Å². The smallest absolute Gasteiger partial charge is 0.390 e. The minimum absolute atomic E-state index is 0.0675. The average molecular weight is 522 g/mol. The maximum atomic E-state index is 14.2. The zero-order valence-electron chi connectivity index (χ0n) is 20.6. The third kappa shape index (κ3) is 5.08. The van der Waals surface area contributed by atoms with E-state index in [1.165, 1.54) is 7.05 Å². The van der Waals surface area contributed by atoms with E-state index in [4.69, 9.17) is 11.6 Å². The molecule has 7 nitrogen and oxygen atoms in total. The van der Waals surface area contributed by atoms with Gasteiger partial charge in [-0.1, -0.05) is 0 Å². The van der Waals surface area contributed by atoms with E-state index in [9.17, 15) is 23.1 Å². The molecule has 0 aromatic carbocycles. The third-order valence-corrected chi connectivity index (χ3v) is 9.52. The number of carbonyl (C=O) groups is 1. The summed E-state index contributed by atoms with van der Waals surface area (Å²) in [6.45, 7) is 3.48. The molecule has 200 valence electrons. The standard InChI is InChI=1S/C24H39ClF3N5O2/c1-23(35)11-15(12-23)22(34)31(2)21(24(26,27)28)14-5-7-16(8-6-14)32-9-3-4-17-18(32)13-29-20-10-19(25)30-33(17)20/h14-21,29-30,35H,3-13H2,1-2H3/t14?,15?,16?,17?,18?,19?,20?,21-,23?/m0/s1. The van der Waals surface area contributed by atoms with Crippen LogP contribution in [-0.2, 0) is 4.79 Å². The van der Waals surface area contributed by atoms with Crippen LogP contribution in [0.2, 0.25) is 0 Å². The number of hydrogen-bond donors (Lipinski definition) is 3. The monoisotopic (exact) mass is 521 g/mol. The van der Waals surface area contributed by atoms with Gasteiger partial charge >= 0.3 is 6.18 Å². The SMILES string of the molecule is CN(C(=O)C1CC(C)(O)C1)[C@@H](C1CCC(N2CCCC3C2CNC2CC(Cl)NN23)CC1)C(F)(F)F.